The second-order valence-electron chi connectivity index (χ2n) is 11.4. The van der Waals surface area contributed by atoms with Crippen LogP contribution in [0.3, 0.4) is 0 Å². The number of fused-ring (bicyclic) bond motifs is 5. The minimum absolute atomic E-state index is 0.0477. The summed E-state index contributed by atoms with van der Waals surface area (Å²) in [6.45, 7) is 6.69. The highest BCUT2D eigenvalue weighted by Crippen LogP contribution is 2.64. The van der Waals surface area contributed by atoms with E-state index in [0.717, 1.165) is 19.3 Å². The number of amides is 2. The highest BCUT2D eigenvalue weighted by molar-refractivity contribution is 5.92. The van der Waals surface area contributed by atoms with Gasteiger partial charge in [0.2, 0.25) is 11.8 Å². The van der Waals surface area contributed by atoms with Crippen molar-refractivity contribution in [2.24, 2.45) is 34.5 Å². The Kier molecular flexibility index (Phi) is 5.81. The molecule has 4 aliphatic rings. The Morgan fingerprint density at radius 2 is 1.82 bits per heavy atom. The van der Waals surface area contributed by atoms with Gasteiger partial charge in [0.15, 0.2) is 0 Å². The maximum Gasteiger partial charge on any atom is 0.338 e. The van der Waals surface area contributed by atoms with E-state index in [-0.39, 0.29) is 34.7 Å². The van der Waals surface area contributed by atoms with Crippen molar-refractivity contribution in [3.8, 4) is 0 Å². The molecule has 3 aliphatic carbocycles. The third-order valence-electron chi connectivity index (χ3n) is 9.74. The fourth-order valence-electron chi connectivity index (χ4n) is 7.87. The Hall–Kier alpha value is -2.63. The molecule has 5 rings (SSSR count). The topological polar surface area (TPSA) is 84.5 Å². The molecular weight excluding hydrogens is 428 g/mol. The van der Waals surface area contributed by atoms with Gasteiger partial charge in [-0.15, -0.1) is 0 Å². The number of carbonyl (C=O) groups is 3. The van der Waals surface area contributed by atoms with E-state index in [1.54, 1.807) is 30.3 Å². The molecule has 6 heteroatoms. The first-order valence-corrected chi connectivity index (χ1v) is 12.8. The number of ether oxygens (including phenoxy) is 1. The zero-order valence-corrected chi connectivity index (χ0v) is 20.4. The first kappa shape index (κ1) is 23.1. The van der Waals surface area contributed by atoms with Crippen molar-refractivity contribution in [2.75, 3.05) is 11.9 Å². The first-order valence-electron chi connectivity index (χ1n) is 12.8. The molecule has 7 atom stereocenters. The zero-order valence-electron chi connectivity index (χ0n) is 20.4. The van der Waals surface area contributed by atoms with Gasteiger partial charge in [-0.25, -0.2) is 4.79 Å². The largest absolute Gasteiger partial charge is 0.462 e. The molecule has 1 heterocycles. The van der Waals surface area contributed by atoms with E-state index in [1.807, 2.05) is 0 Å². The second-order valence-corrected chi connectivity index (χ2v) is 11.4. The molecule has 0 bridgehead atoms. The maximum atomic E-state index is 12.7. The molecule has 2 amide bonds. The lowest BCUT2D eigenvalue weighted by molar-refractivity contribution is -0.122. The van der Waals surface area contributed by atoms with Gasteiger partial charge in [-0.3, -0.25) is 9.59 Å². The van der Waals surface area contributed by atoms with Crippen molar-refractivity contribution in [1.29, 1.82) is 0 Å². The number of rotatable bonds is 4. The summed E-state index contributed by atoms with van der Waals surface area (Å²) in [5.41, 5.74) is 1.42. The lowest BCUT2D eigenvalue weighted by Gasteiger charge is -2.58. The minimum Gasteiger partial charge on any atom is -0.462 e. The van der Waals surface area contributed by atoms with Crippen molar-refractivity contribution in [3.05, 3.63) is 42.0 Å². The molecule has 3 saturated carbocycles. The summed E-state index contributed by atoms with van der Waals surface area (Å²) in [6.07, 6.45) is 10.8. The predicted molar refractivity (Wildman–Crippen MR) is 130 cm³/mol. The Morgan fingerprint density at radius 1 is 1.06 bits per heavy atom. The van der Waals surface area contributed by atoms with Crippen LogP contribution in [0, 0.1) is 34.5 Å². The van der Waals surface area contributed by atoms with Gasteiger partial charge in [-0.05, 0) is 98.0 Å². The van der Waals surface area contributed by atoms with Crippen molar-refractivity contribution < 1.29 is 19.1 Å². The molecule has 0 radical (unpaired) electrons. The monoisotopic (exact) mass is 464 g/mol. The Balaban J connectivity index is 1.24. The number of hydrogen-bond acceptors (Lipinski definition) is 4. The van der Waals surface area contributed by atoms with Crippen molar-refractivity contribution in [2.45, 2.75) is 65.3 Å². The summed E-state index contributed by atoms with van der Waals surface area (Å²) < 4.78 is 5.82. The van der Waals surface area contributed by atoms with Crippen LogP contribution in [0.4, 0.5) is 5.69 Å². The van der Waals surface area contributed by atoms with Crippen LogP contribution < -0.4 is 10.6 Å². The van der Waals surface area contributed by atoms with E-state index >= 15 is 0 Å². The highest BCUT2D eigenvalue weighted by atomic mass is 16.5. The molecule has 3 fully saturated rings. The number of hydrogen-bond donors (Lipinski definition) is 2. The third kappa shape index (κ3) is 3.85. The van der Waals surface area contributed by atoms with Gasteiger partial charge in [-0.1, -0.05) is 19.9 Å². The van der Waals surface area contributed by atoms with E-state index in [4.69, 9.17) is 4.74 Å². The maximum absolute atomic E-state index is 12.7. The number of anilines is 1. The van der Waals surface area contributed by atoms with Gasteiger partial charge in [0.25, 0.3) is 0 Å². The summed E-state index contributed by atoms with van der Waals surface area (Å²) in [6, 6.07) is 7.11. The van der Waals surface area contributed by atoms with Crippen molar-refractivity contribution in [3.63, 3.8) is 0 Å². The van der Waals surface area contributed by atoms with Crippen LogP contribution in [0.2, 0.25) is 0 Å². The number of nitrogens with one attached hydrogen (secondary N) is 2. The Labute approximate surface area is 201 Å². The molecule has 1 aromatic carbocycles. The number of benzene rings is 1. The highest BCUT2D eigenvalue weighted by Gasteiger charge is 2.59. The van der Waals surface area contributed by atoms with Gasteiger partial charge >= 0.3 is 5.97 Å². The summed E-state index contributed by atoms with van der Waals surface area (Å²) in [7, 11) is 0. The fraction of sp³-hybridized carbons (Fsp3) is 0.607. The fourth-order valence-corrected chi connectivity index (χ4v) is 7.87. The molecule has 182 valence electrons. The lowest BCUT2D eigenvalue weighted by atomic mass is 9.48. The van der Waals surface area contributed by atoms with E-state index in [1.165, 1.54) is 26.2 Å². The van der Waals surface area contributed by atoms with Crippen LogP contribution >= 0.6 is 0 Å². The molecule has 1 aliphatic heterocycles. The molecule has 6 nitrogen and oxygen atoms in total. The molecule has 0 saturated heterocycles. The van der Waals surface area contributed by atoms with Gasteiger partial charge in [0, 0.05) is 24.1 Å². The van der Waals surface area contributed by atoms with Gasteiger partial charge in [0.05, 0.1) is 12.2 Å². The van der Waals surface area contributed by atoms with E-state index in [2.05, 4.69) is 30.6 Å². The molecule has 1 aromatic rings. The SMILES string of the molecule is CC(=O)Nc1ccc(C(=O)OC[C@H]2CCC3C4CCC5NC(=O)C=C[C@]5(C)C4CC[C@@]32C)cc1. The molecule has 4 unspecified atom stereocenters. The van der Waals surface area contributed by atoms with Crippen LogP contribution in [-0.2, 0) is 14.3 Å². The second kappa shape index (κ2) is 8.54. The average molecular weight is 465 g/mol. The zero-order chi connectivity index (χ0) is 24.1. The summed E-state index contributed by atoms with van der Waals surface area (Å²) in [5.74, 6) is 1.91. The third-order valence-corrected chi connectivity index (χ3v) is 9.74. The average Bonchev–Trinajstić information content (AvgIpc) is 3.14. The predicted octanol–water partition coefficient (Wildman–Crippen LogP) is 4.72. The van der Waals surface area contributed by atoms with Crippen LogP contribution in [0.15, 0.2) is 36.4 Å². The van der Waals surface area contributed by atoms with Gasteiger partial charge < -0.3 is 15.4 Å². The van der Waals surface area contributed by atoms with Crippen molar-refractivity contribution >= 4 is 23.5 Å². The molecular formula is C28H36N2O4. The van der Waals surface area contributed by atoms with Gasteiger partial charge in [-0.2, -0.15) is 0 Å². The summed E-state index contributed by atoms with van der Waals surface area (Å²) in [4.78, 5) is 35.8. The van der Waals surface area contributed by atoms with Crippen LogP contribution in [-0.4, -0.2) is 30.4 Å². The smallest absolute Gasteiger partial charge is 0.338 e. The molecule has 0 spiro atoms. The van der Waals surface area contributed by atoms with Crippen molar-refractivity contribution in [1.82, 2.24) is 5.32 Å². The normalized spacial score (nSPS) is 38.2. The van der Waals surface area contributed by atoms with E-state index < -0.39 is 0 Å². The molecule has 2 N–H and O–H groups in total. The lowest BCUT2D eigenvalue weighted by Crippen LogP contribution is -2.59. The quantitative estimate of drug-likeness (QED) is 0.632. The van der Waals surface area contributed by atoms with E-state index in [0.29, 0.717) is 41.5 Å². The van der Waals surface area contributed by atoms with Crippen LogP contribution in [0.25, 0.3) is 0 Å². The van der Waals surface area contributed by atoms with E-state index in [9.17, 15) is 14.4 Å². The number of esters is 1. The Bertz CT molecular complexity index is 1020. The minimum atomic E-state index is -0.300. The molecule has 34 heavy (non-hydrogen) atoms. The number of carbonyl (C=O) groups excluding carboxylic acids is 3. The van der Waals surface area contributed by atoms with Gasteiger partial charge in [0.1, 0.15) is 0 Å². The first-order chi connectivity index (χ1) is 16.2. The summed E-state index contributed by atoms with van der Waals surface area (Å²) >= 11 is 0. The Morgan fingerprint density at radius 3 is 2.56 bits per heavy atom. The van der Waals surface area contributed by atoms with Crippen LogP contribution in [0.5, 0.6) is 0 Å². The summed E-state index contributed by atoms with van der Waals surface area (Å²) in [5, 5.41) is 5.94. The van der Waals surface area contributed by atoms with Crippen LogP contribution in [0.1, 0.15) is 69.7 Å². The molecule has 0 aromatic heterocycles. The standard InChI is InChI=1S/C28H36N2O4/c1-17(31)29-20-7-4-18(5-8-20)26(33)34-16-19-6-10-22-21-9-11-24-28(3,15-13-25(32)30-24)23(21)12-14-27(19,22)2/h4-5,7-8,13,15,19,21-24H,6,9-12,14,16H2,1-3H3,(H,29,31)(H,30,32)/t19-,21?,22?,23?,24?,27-,28-/m1/s1.